The highest BCUT2D eigenvalue weighted by atomic mass is 16.5. The molecule has 2 heterocycles. The van der Waals surface area contributed by atoms with Gasteiger partial charge >= 0.3 is 0 Å². The van der Waals surface area contributed by atoms with Gasteiger partial charge in [0.15, 0.2) is 0 Å². The Morgan fingerprint density at radius 3 is 2.85 bits per heavy atom. The number of rotatable bonds is 4. The zero-order chi connectivity index (χ0) is 14.0. The molecule has 2 aliphatic rings. The first-order chi connectivity index (χ1) is 9.75. The van der Waals surface area contributed by atoms with Gasteiger partial charge in [-0.1, -0.05) is 5.16 Å². The van der Waals surface area contributed by atoms with Crippen LogP contribution in [0.25, 0.3) is 0 Å². The van der Waals surface area contributed by atoms with Crippen molar-refractivity contribution >= 4 is 5.78 Å². The molecule has 1 saturated heterocycles. The van der Waals surface area contributed by atoms with E-state index in [1.54, 1.807) is 0 Å². The largest absolute Gasteiger partial charge is 0.381 e. The molecule has 1 aliphatic carbocycles. The molecule has 1 aromatic rings. The Labute approximate surface area is 117 Å². The molecule has 1 unspecified atom stereocenters. The molecule has 3 rings (SSSR count). The summed E-state index contributed by atoms with van der Waals surface area (Å²) < 4.78 is 16.6. The Balaban J connectivity index is 1.85. The molecule has 20 heavy (non-hydrogen) atoms. The molecule has 1 atom stereocenters. The summed E-state index contributed by atoms with van der Waals surface area (Å²) >= 11 is 0. The van der Waals surface area contributed by atoms with E-state index >= 15 is 0 Å². The van der Waals surface area contributed by atoms with E-state index in [0.717, 1.165) is 25.7 Å². The third kappa shape index (κ3) is 2.38. The third-order valence-electron chi connectivity index (χ3n) is 4.17. The van der Waals surface area contributed by atoms with Crippen molar-refractivity contribution in [2.75, 3.05) is 19.8 Å². The van der Waals surface area contributed by atoms with Crippen molar-refractivity contribution in [2.45, 2.75) is 50.5 Å². The summed E-state index contributed by atoms with van der Waals surface area (Å²) in [5.74, 6) is 1.01. The summed E-state index contributed by atoms with van der Waals surface area (Å²) in [7, 11) is 0. The fourth-order valence-electron chi connectivity index (χ4n) is 3.05. The van der Waals surface area contributed by atoms with Gasteiger partial charge in [0.1, 0.15) is 11.4 Å². The maximum absolute atomic E-state index is 11.8. The van der Waals surface area contributed by atoms with Crippen LogP contribution < -0.4 is 0 Å². The normalized spacial score (nSPS) is 26.1. The van der Waals surface area contributed by atoms with Crippen molar-refractivity contribution in [1.29, 1.82) is 0 Å². The predicted molar refractivity (Wildman–Crippen MR) is 69.3 cm³/mol. The van der Waals surface area contributed by atoms with Crippen LogP contribution in [0.2, 0.25) is 0 Å². The number of carbonyl (C=O) groups excluding carboxylic acids is 1. The topological polar surface area (TPSA) is 74.5 Å². The Bertz CT molecular complexity index is 474. The average molecular weight is 280 g/mol. The fourth-order valence-corrected chi connectivity index (χ4v) is 3.05. The van der Waals surface area contributed by atoms with Crippen molar-refractivity contribution in [3.8, 4) is 0 Å². The van der Waals surface area contributed by atoms with Crippen molar-refractivity contribution in [3.63, 3.8) is 0 Å². The Hall–Kier alpha value is -1.27. The van der Waals surface area contributed by atoms with Crippen molar-refractivity contribution in [3.05, 3.63) is 11.7 Å². The van der Waals surface area contributed by atoms with E-state index in [1.165, 1.54) is 0 Å². The van der Waals surface area contributed by atoms with Crippen LogP contribution in [0.15, 0.2) is 4.52 Å². The van der Waals surface area contributed by atoms with Gasteiger partial charge in [0, 0.05) is 39.1 Å². The molecule has 0 amide bonds. The number of nitrogens with zero attached hydrogens (tertiary/aromatic N) is 2. The Morgan fingerprint density at radius 2 is 2.20 bits per heavy atom. The number of aromatic nitrogens is 2. The first-order valence-electron chi connectivity index (χ1n) is 7.34. The van der Waals surface area contributed by atoms with Gasteiger partial charge in [-0.25, -0.2) is 0 Å². The van der Waals surface area contributed by atoms with Crippen molar-refractivity contribution < 1.29 is 18.8 Å². The van der Waals surface area contributed by atoms with Gasteiger partial charge in [0.05, 0.1) is 5.92 Å². The molecule has 0 radical (unpaired) electrons. The van der Waals surface area contributed by atoms with E-state index in [1.807, 2.05) is 6.92 Å². The molecule has 0 spiro atoms. The number of hydrogen-bond acceptors (Lipinski definition) is 6. The van der Waals surface area contributed by atoms with Gasteiger partial charge in [0.25, 0.3) is 0 Å². The molecule has 0 bridgehead atoms. The summed E-state index contributed by atoms with van der Waals surface area (Å²) in [5.41, 5.74) is -0.517. The van der Waals surface area contributed by atoms with Crippen LogP contribution in [0, 0.1) is 0 Å². The van der Waals surface area contributed by atoms with Crippen LogP contribution in [0.5, 0.6) is 0 Å². The highest BCUT2D eigenvalue weighted by Crippen LogP contribution is 2.36. The zero-order valence-electron chi connectivity index (χ0n) is 11.8. The van der Waals surface area contributed by atoms with E-state index in [0.29, 0.717) is 38.0 Å². The standard InChI is InChI=1S/C14H20N2O4/c1-2-19-14(6-8-18-9-7-14)13-15-12(20-16-13)10-4-3-5-11(10)17/h10H,2-9H2,1H3. The highest BCUT2D eigenvalue weighted by Gasteiger charge is 2.41. The average Bonchev–Trinajstić information content (AvgIpc) is 3.08. The van der Waals surface area contributed by atoms with E-state index in [2.05, 4.69) is 10.1 Å². The smallest absolute Gasteiger partial charge is 0.237 e. The number of carbonyl (C=O) groups is 1. The lowest BCUT2D eigenvalue weighted by Crippen LogP contribution is -2.37. The van der Waals surface area contributed by atoms with Gasteiger partial charge in [0.2, 0.25) is 11.7 Å². The summed E-state index contributed by atoms with van der Waals surface area (Å²) in [6.07, 6.45) is 3.78. The van der Waals surface area contributed by atoms with Crippen LogP contribution >= 0.6 is 0 Å². The van der Waals surface area contributed by atoms with Crippen LogP contribution in [0.3, 0.4) is 0 Å². The summed E-state index contributed by atoms with van der Waals surface area (Å²) in [6, 6.07) is 0. The van der Waals surface area contributed by atoms with E-state index in [4.69, 9.17) is 14.0 Å². The van der Waals surface area contributed by atoms with Gasteiger partial charge in [-0.15, -0.1) is 0 Å². The first-order valence-corrected chi connectivity index (χ1v) is 7.34. The van der Waals surface area contributed by atoms with Gasteiger partial charge in [-0.3, -0.25) is 4.79 Å². The number of hydrogen-bond donors (Lipinski definition) is 0. The van der Waals surface area contributed by atoms with Gasteiger partial charge < -0.3 is 14.0 Å². The molecular formula is C14H20N2O4. The maximum Gasteiger partial charge on any atom is 0.237 e. The quantitative estimate of drug-likeness (QED) is 0.839. The third-order valence-corrected chi connectivity index (χ3v) is 4.17. The second-order valence-corrected chi connectivity index (χ2v) is 5.41. The molecule has 0 aromatic carbocycles. The predicted octanol–water partition coefficient (Wildman–Crippen LogP) is 1.95. The van der Waals surface area contributed by atoms with Gasteiger partial charge in [-0.05, 0) is 19.8 Å². The monoisotopic (exact) mass is 280 g/mol. The second kappa shape index (κ2) is 5.61. The van der Waals surface area contributed by atoms with Crippen LogP contribution in [-0.2, 0) is 19.9 Å². The lowest BCUT2D eigenvalue weighted by molar-refractivity contribution is -0.119. The summed E-state index contributed by atoms with van der Waals surface area (Å²) in [6.45, 7) is 3.81. The van der Waals surface area contributed by atoms with Gasteiger partial charge in [-0.2, -0.15) is 4.98 Å². The highest BCUT2D eigenvalue weighted by molar-refractivity contribution is 5.86. The van der Waals surface area contributed by atoms with E-state index in [-0.39, 0.29) is 11.7 Å². The Kier molecular flexibility index (Phi) is 3.85. The van der Waals surface area contributed by atoms with E-state index in [9.17, 15) is 4.79 Å². The molecule has 1 aliphatic heterocycles. The molecule has 1 aromatic heterocycles. The van der Waals surface area contributed by atoms with Crippen molar-refractivity contribution in [2.24, 2.45) is 0 Å². The molecule has 1 saturated carbocycles. The Morgan fingerprint density at radius 1 is 1.40 bits per heavy atom. The molecule has 6 heteroatoms. The first kappa shape index (κ1) is 13.7. The molecule has 0 N–H and O–H groups in total. The number of Topliss-reactive ketones (excluding diaryl/α,β-unsaturated/α-hetero) is 1. The lowest BCUT2D eigenvalue weighted by Gasteiger charge is -2.33. The molecular weight excluding hydrogens is 260 g/mol. The minimum Gasteiger partial charge on any atom is -0.381 e. The minimum absolute atomic E-state index is 0.206. The van der Waals surface area contributed by atoms with Crippen molar-refractivity contribution in [1.82, 2.24) is 10.1 Å². The fraction of sp³-hybridized carbons (Fsp3) is 0.786. The van der Waals surface area contributed by atoms with Crippen LogP contribution in [-0.4, -0.2) is 35.7 Å². The minimum atomic E-state index is -0.517. The molecule has 2 fully saturated rings. The molecule has 110 valence electrons. The van der Waals surface area contributed by atoms with E-state index < -0.39 is 5.60 Å². The van der Waals surface area contributed by atoms with Crippen LogP contribution in [0.1, 0.15) is 56.7 Å². The summed E-state index contributed by atoms with van der Waals surface area (Å²) in [5, 5.41) is 4.09. The SMILES string of the molecule is CCOC1(c2noc(C3CCCC3=O)n2)CCOCC1. The maximum atomic E-state index is 11.8. The molecule has 6 nitrogen and oxygen atoms in total. The number of ether oxygens (including phenoxy) is 2. The number of ketones is 1. The van der Waals surface area contributed by atoms with Crippen LogP contribution in [0.4, 0.5) is 0 Å². The zero-order valence-corrected chi connectivity index (χ0v) is 11.8. The second-order valence-electron chi connectivity index (χ2n) is 5.41. The lowest BCUT2D eigenvalue weighted by atomic mass is 9.93. The summed E-state index contributed by atoms with van der Waals surface area (Å²) in [4.78, 5) is 16.3.